The molecule has 136 valence electrons. The molecule has 1 heterocycles. The van der Waals surface area contributed by atoms with Gasteiger partial charge in [-0.3, -0.25) is 0 Å². The highest BCUT2D eigenvalue weighted by molar-refractivity contribution is 6.35. The number of fused-ring (bicyclic) bond motifs is 1. The van der Waals surface area contributed by atoms with Gasteiger partial charge in [0.15, 0.2) is 11.5 Å². The number of H-pyrrole nitrogens is 1. The SMILES string of the molecule is COc1cc(-c2nc3ccccc3[nH]2)ccc1OCc1ccc(Cl)cc1Cl. The van der Waals surface area contributed by atoms with Crippen molar-refractivity contribution in [2.75, 3.05) is 7.11 Å². The molecule has 0 aliphatic rings. The van der Waals surface area contributed by atoms with Crippen LogP contribution >= 0.6 is 23.2 Å². The molecule has 0 saturated heterocycles. The van der Waals surface area contributed by atoms with E-state index in [1.807, 2.05) is 48.5 Å². The fourth-order valence-electron chi connectivity index (χ4n) is 2.82. The van der Waals surface area contributed by atoms with Gasteiger partial charge in [-0.15, -0.1) is 0 Å². The van der Waals surface area contributed by atoms with E-state index in [-0.39, 0.29) is 0 Å². The first-order valence-electron chi connectivity index (χ1n) is 8.34. The molecule has 6 heteroatoms. The molecule has 0 radical (unpaired) electrons. The standard InChI is InChI=1S/C21H16Cl2N2O2/c1-26-20-10-13(21-24-17-4-2-3-5-18(17)25-21)7-9-19(20)27-12-14-6-8-15(22)11-16(14)23/h2-11H,12H2,1H3,(H,24,25). The maximum Gasteiger partial charge on any atom is 0.161 e. The van der Waals surface area contributed by atoms with Gasteiger partial charge >= 0.3 is 0 Å². The summed E-state index contributed by atoms with van der Waals surface area (Å²) < 4.78 is 11.4. The third-order valence-electron chi connectivity index (χ3n) is 4.22. The highest BCUT2D eigenvalue weighted by Gasteiger charge is 2.11. The molecular weight excluding hydrogens is 383 g/mol. The van der Waals surface area contributed by atoms with Gasteiger partial charge in [0.05, 0.1) is 18.1 Å². The van der Waals surface area contributed by atoms with Crippen molar-refractivity contribution in [1.29, 1.82) is 0 Å². The molecule has 0 fully saturated rings. The van der Waals surface area contributed by atoms with E-state index < -0.39 is 0 Å². The number of aromatic nitrogens is 2. The van der Waals surface area contributed by atoms with Crippen molar-refractivity contribution < 1.29 is 9.47 Å². The van der Waals surface area contributed by atoms with Crippen molar-refractivity contribution in [2.24, 2.45) is 0 Å². The largest absolute Gasteiger partial charge is 0.493 e. The quantitative estimate of drug-likeness (QED) is 0.440. The minimum Gasteiger partial charge on any atom is -0.493 e. The van der Waals surface area contributed by atoms with E-state index in [0.717, 1.165) is 28.0 Å². The van der Waals surface area contributed by atoms with Gasteiger partial charge in [-0.05, 0) is 42.5 Å². The van der Waals surface area contributed by atoms with Crippen molar-refractivity contribution in [3.05, 3.63) is 76.3 Å². The predicted molar refractivity (Wildman–Crippen MR) is 109 cm³/mol. The summed E-state index contributed by atoms with van der Waals surface area (Å²) in [5, 5.41) is 1.16. The second-order valence-corrected chi connectivity index (χ2v) is 6.84. The third kappa shape index (κ3) is 3.72. The van der Waals surface area contributed by atoms with Crippen LogP contribution in [0.3, 0.4) is 0 Å². The molecule has 0 saturated carbocycles. The molecule has 0 amide bonds. The number of aromatic amines is 1. The number of methoxy groups -OCH3 is 1. The van der Waals surface area contributed by atoms with Gasteiger partial charge in [-0.1, -0.05) is 41.4 Å². The molecule has 0 bridgehead atoms. The molecule has 0 atom stereocenters. The third-order valence-corrected chi connectivity index (χ3v) is 4.81. The Morgan fingerprint density at radius 2 is 1.81 bits per heavy atom. The molecule has 4 rings (SSSR count). The van der Waals surface area contributed by atoms with Gasteiger partial charge in [0.2, 0.25) is 0 Å². The number of halogens is 2. The highest BCUT2D eigenvalue weighted by Crippen LogP contribution is 2.33. The Balaban J connectivity index is 1.59. The van der Waals surface area contributed by atoms with Gasteiger partial charge in [0.25, 0.3) is 0 Å². The van der Waals surface area contributed by atoms with Gasteiger partial charge < -0.3 is 14.5 Å². The molecule has 0 aliphatic carbocycles. The number of rotatable bonds is 5. The van der Waals surface area contributed by atoms with E-state index in [1.54, 1.807) is 19.2 Å². The lowest BCUT2D eigenvalue weighted by molar-refractivity contribution is 0.284. The van der Waals surface area contributed by atoms with Crippen LogP contribution in [0.1, 0.15) is 5.56 Å². The van der Waals surface area contributed by atoms with Crippen LogP contribution < -0.4 is 9.47 Å². The lowest BCUT2D eigenvalue weighted by Crippen LogP contribution is -1.99. The zero-order valence-corrected chi connectivity index (χ0v) is 16.0. The van der Waals surface area contributed by atoms with E-state index in [4.69, 9.17) is 32.7 Å². The van der Waals surface area contributed by atoms with Gasteiger partial charge in [0, 0.05) is 21.2 Å². The number of imidazole rings is 1. The fraction of sp³-hybridized carbons (Fsp3) is 0.0952. The summed E-state index contributed by atoms with van der Waals surface area (Å²) in [4.78, 5) is 7.94. The summed E-state index contributed by atoms with van der Waals surface area (Å²) in [6, 6.07) is 18.9. The molecule has 3 aromatic carbocycles. The summed E-state index contributed by atoms with van der Waals surface area (Å²) in [6.45, 7) is 0.316. The molecule has 0 unspecified atom stereocenters. The Morgan fingerprint density at radius 1 is 0.963 bits per heavy atom. The molecular formula is C21H16Cl2N2O2. The minimum atomic E-state index is 0.316. The molecule has 0 aliphatic heterocycles. The number of para-hydroxylation sites is 2. The maximum atomic E-state index is 6.21. The molecule has 1 N–H and O–H groups in total. The van der Waals surface area contributed by atoms with Crippen molar-refractivity contribution in [1.82, 2.24) is 9.97 Å². The van der Waals surface area contributed by atoms with Crippen LogP contribution in [-0.4, -0.2) is 17.1 Å². The maximum absolute atomic E-state index is 6.21. The first-order chi connectivity index (χ1) is 13.1. The predicted octanol–water partition coefficient (Wildman–Crippen LogP) is 6.12. The van der Waals surface area contributed by atoms with E-state index in [9.17, 15) is 0 Å². The topological polar surface area (TPSA) is 47.1 Å². The summed E-state index contributed by atoms with van der Waals surface area (Å²) in [5.74, 6) is 2.03. The molecule has 4 nitrogen and oxygen atoms in total. The Morgan fingerprint density at radius 3 is 2.59 bits per heavy atom. The monoisotopic (exact) mass is 398 g/mol. The molecule has 27 heavy (non-hydrogen) atoms. The molecule has 4 aromatic rings. The summed E-state index contributed by atoms with van der Waals surface area (Å²) in [5.41, 5.74) is 3.68. The van der Waals surface area contributed by atoms with E-state index >= 15 is 0 Å². The lowest BCUT2D eigenvalue weighted by Gasteiger charge is -2.12. The first kappa shape index (κ1) is 17.7. The Bertz CT molecular complexity index is 1080. The van der Waals surface area contributed by atoms with Gasteiger partial charge in [-0.2, -0.15) is 0 Å². The van der Waals surface area contributed by atoms with Gasteiger partial charge in [-0.25, -0.2) is 4.98 Å². The number of hydrogen-bond acceptors (Lipinski definition) is 3. The second kappa shape index (κ2) is 7.51. The van der Waals surface area contributed by atoms with Crippen LogP contribution in [-0.2, 0) is 6.61 Å². The summed E-state index contributed by atoms with van der Waals surface area (Å²) >= 11 is 12.1. The zero-order valence-electron chi connectivity index (χ0n) is 14.5. The fourth-order valence-corrected chi connectivity index (χ4v) is 3.28. The smallest absolute Gasteiger partial charge is 0.161 e. The highest BCUT2D eigenvalue weighted by atomic mass is 35.5. The van der Waals surface area contributed by atoms with E-state index in [1.165, 1.54) is 0 Å². The average Bonchev–Trinajstić information content (AvgIpc) is 3.11. The average molecular weight is 399 g/mol. The zero-order chi connectivity index (χ0) is 18.8. The van der Waals surface area contributed by atoms with Crippen LogP contribution in [0.5, 0.6) is 11.5 Å². The van der Waals surface area contributed by atoms with Crippen LogP contribution in [0.15, 0.2) is 60.7 Å². The van der Waals surface area contributed by atoms with Crippen molar-refractivity contribution in [3.8, 4) is 22.9 Å². The Hall–Kier alpha value is -2.69. The molecule has 0 spiro atoms. The summed E-state index contributed by atoms with van der Waals surface area (Å²) in [6.07, 6.45) is 0. The number of hydrogen-bond donors (Lipinski definition) is 1. The van der Waals surface area contributed by atoms with Crippen molar-refractivity contribution >= 4 is 34.2 Å². The molecule has 1 aromatic heterocycles. The Labute approximate surface area is 166 Å². The number of nitrogens with one attached hydrogen (secondary N) is 1. The van der Waals surface area contributed by atoms with Crippen LogP contribution in [0.2, 0.25) is 10.0 Å². The van der Waals surface area contributed by atoms with Crippen LogP contribution in [0.25, 0.3) is 22.4 Å². The first-order valence-corrected chi connectivity index (χ1v) is 9.09. The van der Waals surface area contributed by atoms with Crippen LogP contribution in [0.4, 0.5) is 0 Å². The van der Waals surface area contributed by atoms with Crippen molar-refractivity contribution in [3.63, 3.8) is 0 Å². The number of nitrogens with zero attached hydrogens (tertiary/aromatic N) is 1. The van der Waals surface area contributed by atoms with E-state index in [2.05, 4.69) is 9.97 Å². The number of benzene rings is 3. The summed E-state index contributed by atoms with van der Waals surface area (Å²) in [7, 11) is 1.61. The normalized spacial score (nSPS) is 10.9. The van der Waals surface area contributed by atoms with Gasteiger partial charge in [0.1, 0.15) is 12.4 Å². The van der Waals surface area contributed by atoms with E-state index in [0.29, 0.717) is 28.2 Å². The second-order valence-electron chi connectivity index (χ2n) is 5.99. The number of ether oxygens (including phenoxy) is 2. The van der Waals surface area contributed by atoms with Crippen LogP contribution in [0, 0.1) is 0 Å². The lowest BCUT2D eigenvalue weighted by atomic mass is 10.2. The minimum absolute atomic E-state index is 0.316. The van der Waals surface area contributed by atoms with Crippen molar-refractivity contribution in [2.45, 2.75) is 6.61 Å². The Kier molecular flexibility index (Phi) is 4.92.